The standard InChI is InChI=1S/C21H35N3.H2/c1-18(2)22-21-11-14-23(15-12-21)13-7-5-6-8-20-9-16-24(17-10-20)19(3)4;/h18-22H,9-17H2,1-4H3;1H. The largest absolute Gasteiger partial charge is 0.312 e. The molecule has 0 atom stereocenters. The normalized spacial score (nSPS) is 21.4. The van der Waals surface area contributed by atoms with E-state index in [0.29, 0.717) is 24.0 Å². The maximum absolute atomic E-state index is 3.64. The highest BCUT2D eigenvalue weighted by molar-refractivity contribution is 5.27. The summed E-state index contributed by atoms with van der Waals surface area (Å²) in [5.74, 6) is 13.3. The molecular formula is C21H37N3. The van der Waals surface area contributed by atoms with Crippen LogP contribution < -0.4 is 5.32 Å². The van der Waals surface area contributed by atoms with E-state index >= 15 is 0 Å². The van der Waals surface area contributed by atoms with Crippen molar-refractivity contribution >= 4 is 0 Å². The van der Waals surface area contributed by atoms with E-state index in [0.717, 1.165) is 19.6 Å². The zero-order valence-electron chi connectivity index (χ0n) is 16.1. The summed E-state index contributed by atoms with van der Waals surface area (Å²) in [6.45, 7) is 14.5. The number of nitrogens with one attached hydrogen (secondary N) is 1. The van der Waals surface area contributed by atoms with Crippen LogP contribution in [0.3, 0.4) is 0 Å². The van der Waals surface area contributed by atoms with Gasteiger partial charge in [-0.3, -0.25) is 4.90 Å². The van der Waals surface area contributed by atoms with Crippen molar-refractivity contribution in [2.75, 3.05) is 32.7 Å². The molecule has 0 aliphatic carbocycles. The molecule has 2 aliphatic heterocycles. The van der Waals surface area contributed by atoms with Gasteiger partial charge in [-0.2, -0.15) is 0 Å². The zero-order chi connectivity index (χ0) is 17.4. The summed E-state index contributed by atoms with van der Waals surface area (Å²) < 4.78 is 0. The van der Waals surface area contributed by atoms with Crippen LogP contribution >= 0.6 is 0 Å². The van der Waals surface area contributed by atoms with Gasteiger partial charge in [-0.05, 0) is 64.5 Å². The van der Waals surface area contributed by atoms with Crippen molar-refractivity contribution in [1.29, 1.82) is 0 Å². The molecule has 0 unspecified atom stereocenters. The van der Waals surface area contributed by atoms with Gasteiger partial charge in [0.15, 0.2) is 0 Å². The van der Waals surface area contributed by atoms with Crippen molar-refractivity contribution < 1.29 is 1.43 Å². The molecule has 2 rings (SSSR count). The SMILES string of the molecule is CC(C)NC1CCN(CC#CC#CC2CCN(C(C)C)CC2)CC1.[HH]. The highest BCUT2D eigenvalue weighted by Crippen LogP contribution is 2.17. The van der Waals surface area contributed by atoms with Crippen LogP contribution in [0.4, 0.5) is 0 Å². The Bertz CT molecular complexity index is 479. The van der Waals surface area contributed by atoms with Crippen LogP contribution in [-0.4, -0.2) is 60.6 Å². The van der Waals surface area contributed by atoms with Crippen LogP contribution in [-0.2, 0) is 0 Å². The third-order valence-corrected chi connectivity index (χ3v) is 5.15. The molecule has 3 heteroatoms. The number of nitrogens with zero attached hydrogens (tertiary/aromatic N) is 2. The second kappa shape index (κ2) is 10.1. The van der Waals surface area contributed by atoms with Crippen LogP contribution in [0.1, 0.15) is 54.8 Å². The Hall–Kier alpha value is -1.00. The van der Waals surface area contributed by atoms with Gasteiger partial charge in [0, 0.05) is 38.6 Å². The molecule has 1 N–H and O–H groups in total. The summed E-state index contributed by atoms with van der Waals surface area (Å²) in [6.07, 6.45) is 4.87. The quantitative estimate of drug-likeness (QED) is 0.799. The first-order chi connectivity index (χ1) is 11.5. The van der Waals surface area contributed by atoms with Gasteiger partial charge in [0.2, 0.25) is 0 Å². The van der Waals surface area contributed by atoms with Gasteiger partial charge >= 0.3 is 0 Å². The Morgan fingerprint density at radius 1 is 0.958 bits per heavy atom. The minimum Gasteiger partial charge on any atom is -0.312 e. The molecule has 0 aromatic rings. The maximum Gasteiger partial charge on any atom is 0.0611 e. The molecule has 2 aliphatic rings. The van der Waals surface area contributed by atoms with E-state index < -0.39 is 0 Å². The van der Waals surface area contributed by atoms with E-state index in [9.17, 15) is 0 Å². The molecule has 2 heterocycles. The first-order valence-electron chi connectivity index (χ1n) is 9.75. The third-order valence-electron chi connectivity index (χ3n) is 5.15. The smallest absolute Gasteiger partial charge is 0.0611 e. The predicted molar refractivity (Wildman–Crippen MR) is 105 cm³/mol. The molecule has 2 saturated heterocycles. The Kier molecular flexibility index (Phi) is 8.13. The molecular weight excluding hydrogens is 294 g/mol. The first-order valence-corrected chi connectivity index (χ1v) is 9.75. The van der Waals surface area contributed by atoms with E-state index in [2.05, 4.69) is 66.5 Å². The molecule has 0 radical (unpaired) electrons. The summed E-state index contributed by atoms with van der Waals surface area (Å²) in [6, 6.07) is 1.94. The van der Waals surface area contributed by atoms with Gasteiger partial charge in [-0.1, -0.05) is 25.7 Å². The Balaban J connectivity index is 0.00000312. The lowest BCUT2D eigenvalue weighted by atomic mass is 9.97. The van der Waals surface area contributed by atoms with E-state index in [1.54, 1.807) is 0 Å². The molecule has 24 heavy (non-hydrogen) atoms. The minimum absolute atomic E-state index is 0. The van der Waals surface area contributed by atoms with Gasteiger partial charge in [-0.25, -0.2) is 0 Å². The number of hydrogen-bond acceptors (Lipinski definition) is 3. The molecule has 0 bridgehead atoms. The topological polar surface area (TPSA) is 18.5 Å². The van der Waals surface area contributed by atoms with E-state index in [1.165, 1.54) is 38.8 Å². The molecule has 0 spiro atoms. The second-order valence-electron chi connectivity index (χ2n) is 7.85. The van der Waals surface area contributed by atoms with Gasteiger partial charge in [0.05, 0.1) is 6.54 Å². The second-order valence-corrected chi connectivity index (χ2v) is 7.85. The van der Waals surface area contributed by atoms with E-state index in [1.807, 2.05) is 0 Å². The van der Waals surface area contributed by atoms with Crippen LogP contribution in [0.2, 0.25) is 0 Å². The lowest BCUT2D eigenvalue weighted by Crippen LogP contribution is -2.44. The highest BCUT2D eigenvalue weighted by Gasteiger charge is 2.19. The average molecular weight is 332 g/mol. The fraction of sp³-hybridized carbons (Fsp3) is 0.810. The Morgan fingerprint density at radius 3 is 2.21 bits per heavy atom. The summed E-state index contributed by atoms with van der Waals surface area (Å²) in [5.41, 5.74) is 0. The Labute approximate surface area is 151 Å². The van der Waals surface area contributed by atoms with Crippen molar-refractivity contribution in [1.82, 2.24) is 15.1 Å². The fourth-order valence-corrected chi connectivity index (χ4v) is 3.62. The predicted octanol–water partition coefficient (Wildman–Crippen LogP) is 2.82. The summed E-state index contributed by atoms with van der Waals surface area (Å²) in [7, 11) is 0. The van der Waals surface area contributed by atoms with E-state index in [4.69, 9.17) is 0 Å². The summed E-state index contributed by atoms with van der Waals surface area (Å²) in [5, 5.41) is 3.64. The maximum atomic E-state index is 3.64. The summed E-state index contributed by atoms with van der Waals surface area (Å²) in [4.78, 5) is 5.00. The fourth-order valence-electron chi connectivity index (χ4n) is 3.62. The van der Waals surface area contributed by atoms with Gasteiger partial charge in [-0.15, -0.1) is 0 Å². The highest BCUT2D eigenvalue weighted by atomic mass is 15.1. The lowest BCUT2D eigenvalue weighted by Gasteiger charge is -2.32. The number of hydrogen-bond donors (Lipinski definition) is 1. The third kappa shape index (κ3) is 6.86. The monoisotopic (exact) mass is 331 g/mol. The molecule has 0 aromatic carbocycles. The minimum atomic E-state index is 0. The summed E-state index contributed by atoms with van der Waals surface area (Å²) >= 11 is 0. The molecule has 2 fully saturated rings. The van der Waals surface area contributed by atoms with Gasteiger partial charge in [0.1, 0.15) is 0 Å². The zero-order valence-corrected chi connectivity index (χ0v) is 16.1. The Morgan fingerprint density at radius 2 is 1.62 bits per heavy atom. The first kappa shape index (κ1) is 19.3. The van der Waals surface area contributed by atoms with Crippen molar-refractivity contribution in [3.63, 3.8) is 0 Å². The van der Waals surface area contributed by atoms with Crippen LogP contribution in [0, 0.1) is 29.6 Å². The lowest BCUT2D eigenvalue weighted by molar-refractivity contribution is 0.167. The van der Waals surface area contributed by atoms with E-state index in [-0.39, 0.29) is 1.43 Å². The molecule has 136 valence electrons. The number of rotatable bonds is 4. The van der Waals surface area contributed by atoms with Crippen LogP contribution in [0.15, 0.2) is 0 Å². The van der Waals surface area contributed by atoms with Crippen molar-refractivity contribution in [3.05, 3.63) is 0 Å². The van der Waals surface area contributed by atoms with Crippen LogP contribution in [0.25, 0.3) is 0 Å². The molecule has 0 saturated carbocycles. The average Bonchev–Trinajstić information content (AvgIpc) is 2.56. The van der Waals surface area contributed by atoms with Crippen molar-refractivity contribution in [2.24, 2.45) is 5.92 Å². The number of piperidine rings is 2. The van der Waals surface area contributed by atoms with Crippen molar-refractivity contribution in [3.8, 4) is 23.7 Å². The molecule has 0 amide bonds. The van der Waals surface area contributed by atoms with Gasteiger partial charge < -0.3 is 10.2 Å². The molecule has 3 nitrogen and oxygen atoms in total. The van der Waals surface area contributed by atoms with Crippen molar-refractivity contribution in [2.45, 2.75) is 71.5 Å². The van der Waals surface area contributed by atoms with Gasteiger partial charge in [0.25, 0.3) is 0 Å². The van der Waals surface area contributed by atoms with Crippen LogP contribution in [0.5, 0.6) is 0 Å². The molecule has 0 aromatic heterocycles. The number of likely N-dealkylation sites (tertiary alicyclic amines) is 2.